The van der Waals surface area contributed by atoms with Crippen LogP contribution in [0.5, 0.6) is 0 Å². The average Bonchev–Trinajstić information content (AvgIpc) is 3.67. The van der Waals surface area contributed by atoms with Crippen LogP contribution in [0.4, 0.5) is 0 Å². The Labute approximate surface area is 541 Å². The molecule has 0 N–H and O–H groups in total. The van der Waals surface area contributed by atoms with Gasteiger partial charge in [-0.05, 0) is 51.4 Å². The molecule has 0 saturated heterocycles. The normalized spacial score (nSPS) is 13.3. The lowest BCUT2D eigenvalue weighted by Gasteiger charge is -2.28. The molecule has 0 radical (unpaired) electrons. The van der Waals surface area contributed by atoms with E-state index in [1.54, 1.807) is 0 Å². The first kappa shape index (κ1) is 85.0. The summed E-state index contributed by atoms with van der Waals surface area (Å²) in [7, 11) is 1.19. The highest BCUT2D eigenvalue weighted by Crippen LogP contribution is 2.38. The molecule has 0 aliphatic rings. The number of quaternary nitrogens is 1. The number of ether oxygens (including phenoxy) is 2. The summed E-state index contributed by atoms with van der Waals surface area (Å²) in [6, 6.07) is 0. The van der Waals surface area contributed by atoms with Crippen molar-refractivity contribution in [3.63, 3.8) is 0 Å². The first-order valence-corrected chi connectivity index (χ1v) is 39.3. The van der Waals surface area contributed by atoms with Crippen LogP contribution in [0, 0.1) is 0 Å². The summed E-state index contributed by atoms with van der Waals surface area (Å²) in [6.07, 6.45) is 89.4. The van der Waals surface area contributed by atoms with E-state index in [-0.39, 0.29) is 32.0 Å². The molecule has 9 nitrogen and oxygen atoms in total. The Morgan fingerprint density at radius 2 is 0.655 bits per heavy atom. The number of allylic oxidation sites excluding steroid dienone is 8. The maximum absolute atomic E-state index is 12.9. The summed E-state index contributed by atoms with van der Waals surface area (Å²) in [4.78, 5) is 38.1. The third-order valence-corrected chi connectivity index (χ3v) is 18.1. The largest absolute Gasteiger partial charge is 0.756 e. The maximum Gasteiger partial charge on any atom is 0.306 e. The standard InChI is InChI=1S/C77H146NO8P/c1-6-8-10-12-14-16-18-20-22-24-26-28-30-32-34-36-37-38-39-40-41-42-44-46-48-50-52-54-56-58-60-62-64-66-68-70-77(80)86-75(74-85-87(81,82)84-72-71-78(3,4)5)73-83-76(79)69-67-65-63-61-59-57-55-53-51-49-47-45-43-35-33-31-29-27-25-23-21-19-17-15-13-11-9-7-2/h8,10,14,16,20,22,26,28,75H,6-7,9,11-13,15,17-19,21,23-25,27,29-74H2,1-5H3/b10-8-,16-14-,22-20-,28-26-. The summed E-state index contributed by atoms with van der Waals surface area (Å²) in [5, 5.41) is 0. The van der Waals surface area contributed by atoms with Crippen LogP contribution in [0.25, 0.3) is 0 Å². The predicted molar refractivity (Wildman–Crippen MR) is 374 cm³/mol. The molecule has 0 aliphatic carbocycles. The summed E-state index contributed by atoms with van der Waals surface area (Å²) in [5.41, 5.74) is 0. The molecule has 0 bridgehead atoms. The molecule has 512 valence electrons. The van der Waals surface area contributed by atoms with Gasteiger partial charge in [0.15, 0.2) is 6.10 Å². The molecular formula is C77H146NO8P. The van der Waals surface area contributed by atoms with Gasteiger partial charge in [-0.25, -0.2) is 0 Å². The third kappa shape index (κ3) is 72.9. The van der Waals surface area contributed by atoms with Crippen molar-refractivity contribution >= 4 is 19.8 Å². The van der Waals surface area contributed by atoms with Crippen molar-refractivity contribution in [1.29, 1.82) is 0 Å². The highest BCUT2D eigenvalue weighted by atomic mass is 31.2. The SMILES string of the molecule is CC/C=C\C/C=C\C/C=C\C/C=C\CCCCCCCCCCCCCCCCCCCCCCCCC(=O)OC(COC(=O)CCCCCCCCCCCCCCCCCCCCCCCCCCCCCC)COP(=O)([O-])OCC[N+](C)(C)C. The number of rotatable bonds is 71. The van der Waals surface area contributed by atoms with Gasteiger partial charge in [-0.1, -0.05) is 364 Å². The lowest BCUT2D eigenvalue weighted by atomic mass is 10.0. The number of phosphoric acid groups is 1. The number of carbonyl (C=O) groups is 2. The summed E-state index contributed by atoms with van der Waals surface area (Å²) in [6.45, 7) is 4.21. The molecule has 10 heteroatoms. The fourth-order valence-electron chi connectivity index (χ4n) is 11.4. The van der Waals surface area contributed by atoms with Gasteiger partial charge < -0.3 is 27.9 Å². The summed E-state index contributed by atoms with van der Waals surface area (Å²) >= 11 is 0. The van der Waals surface area contributed by atoms with Crippen LogP contribution in [-0.4, -0.2) is 70.0 Å². The van der Waals surface area contributed by atoms with E-state index in [1.807, 2.05) is 21.1 Å². The van der Waals surface area contributed by atoms with Gasteiger partial charge in [0.2, 0.25) is 0 Å². The van der Waals surface area contributed by atoms with Gasteiger partial charge >= 0.3 is 11.9 Å². The molecule has 0 heterocycles. The van der Waals surface area contributed by atoms with Crippen molar-refractivity contribution < 1.29 is 42.1 Å². The molecule has 0 aromatic rings. The van der Waals surface area contributed by atoms with Crippen molar-refractivity contribution in [3.8, 4) is 0 Å². The number of nitrogens with zero attached hydrogens (tertiary/aromatic N) is 1. The highest BCUT2D eigenvalue weighted by molar-refractivity contribution is 7.45. The molecule has 0 spiro atoms. The monoisotopic (exact) mass is 1240 g/mol. The molecule has 2 atom stereocenters. The molecule has 0 amide bonds. The number of esters is 2. The van der Waals surface area contributed by atoms with Gasteiger partial charge in [0.1, 0.15) is 19.8 Å². The second-order valence-electron chi connectivity index (χ2n) is 27.0. The second kappa shape index (κ2) is 68.3. The van der Waals surface area contributed by atoms with Crippen molar-refractivity contribution in [3.05, 3.63) is 48.6 Å². The zero-order valence-corrected chi connectivity index (χ0v) is 59.4. The highest BCUT2D eigenvalue weighted by Gasteiger charge is 2.22. The lowest BCUT2D eigenvalue weighted by molar-refractivity contribution is -0.870. The fraction of sp³-hybridized carbons (Fsp3) is 0.870. The molecule has 0 aromatic carbocycles. The quantitative estimate of drug-likeness (QED) is 0.0195. The third-order valence-electron chi connectivity index (χ3n) is 17.1. The van der Waals surface area contributed by atoms with Crippen molar-refractivity contribution in [2.24, 2.45) is 0 Å². The van der Waals surface area contributed by atoms with Crippen LogP contribution in [0.15, 0.2) is 48.6 Å². The van der Waals surface area contributed by atoms with E-state index in [0.29, 0.717) is 17.4 Å². The van der Waals surface area contributed by atoms with Gasteiger partial charge in [0.25, 0.3) is 7.82 Å². The fourth-order valence-corrected chi connectivity index (χ4v) is 12.1. The predicted octanol–water partition coefficient (Wildman–Crippen LogP) is 24.1. The van der Waals surface area contributed by atoms with Gasteiger partial charge in [-0.3, -0.25) is 14.2 Å². The summed E-state index contributed by atoms with van der Waals surface area (Å²) in [5.74, 6) is -0.808. The van der Waals surface area contributed by atoms with E-state index < -0.39 is 26.5 Å². The Morgan fingerprint density at radius 3 is 0.977 bits per heavy atom. The number of unbranched alkanes of at least 4 members (excludes halogenated alkanes) is 49. The van der Waals surface area contributed by atoms with Crippen molar-refractivity contribution in [1.82, 2.24) is 0 Å². The van der Waals surface area contributed by atoms with E-state index in [0.717, 1.165) is 57.8 Å². The van der Waals surface area contributed by atoms with Gasteiger partial charge in [0, 0.05) is 12.8 Å². The van der Waals surface area contributed by atoms with E-state index in [9.17, 15) is 19.0 Å². The number of phosphoric ester groups is 1. The molecule has 0 rings (SSSR count). The minimum absolute atomic E-state index is 0.0275. The van der Waals surface area contributed by atoms with Crippen molar-refractivity contribution in [2.75, 3.05) is 47.5 Å². The molecule has 0 aliphatic heterocycles. The summed E-state index contributed by atoms with van der Waals surface area (Å²) < 4.78 is 34.4. The van der Waals surface area contributed by atoms with E-state index in [1.165, 1.54) is 289 Å². The lowest BCUT2D eigenvalue weighted by Crippen LogP contribution is -2.37. The zero-order chi connectivity index (χ0) is 63.4. The topological polar surface area (TPSA) is 111 Å². The smallest absolute Gasteiger partial charge is 0.306 e. The Bertz CT molecular complexity index is 1610. The van der Waals surface area contributed by atoms with Crippen LogP contribution >= 0.6 is 7.82 Å². The van der Waals surface area contributed by atoms with Crippen LogP contribution in [0.3, 0.4) is 0 Å². The van der Waals surface area contributed by atoms with Crippen LogP contribution < -0.4 is 4.89 Å². The maximum atomic E-state index is 12.9. The van der Waals surface area contributed by atoms with Gasteiger partial charge in [-0.2, -0.15) is 0 Å². The second-order valence-corrected chi connectivity index (χ2v) is 28.4. The molecule has 0 fully saturated rings. The average molecular weight is 1240 g/mol. The van der Waals surface area contributed by atoms with Gasteiger partial charge in [0.05, 0.1) is 27.7 Å². The Kier molecular flexibility index (Phi) is 66.7. The number of likely N-dealkylation sites (N-methyl/N-ethyl adjacent to an activating group) is 1. The van der Waals surface area contributed by atoms with Crippen LogP contribution in [0.1, 0.15) is 380 Å². The van der Waals surface area contributed by atoms with E-state index >= 15 is 0 Å². The Morgan fingerprint density at radius 1 is 0.368 bits per heavy atom. The molecule has 2 unspecified atom stereocenters. The van der Waals surface area contributed by atoms with Crippen molar-refractivity contribution in [2.45, 2.75) is 386 Å². The molecule has 0 aromatic heterocycles. The zero-order valence-electron chi connectivity index (χ0n) is 58.5. The minimum Gasteiger partial charge on any atom is -0.756 e. The van der Waals surface area contributed by atoms with Crippen LogP contribution in [-0.2, 0) is 32.7 Å². The van der Waals surface area contributed by atoms with Gasteiger partial charge in [-0.15, -0.1) is 0 Å². The first-order chi connectivity index (χ1) is 42.5. The van der Waals surface area contributed by atoms with E-state index in [2.05, 4.69) is 62.5 Å². The van der Waals surface area contributed by atoms with Crippen LogP contribution in [0.2, 0.25) is 0 Å². The molecule has 0 saturated carbocycles. The number of carbonyl (C=O) groups excluding carboxylic acids is 2. The Balaban J connectivity index is 3.94. The number of hydrogen-bond acceptors (Lipinski definition) is 8. The molecule has 87 heavy (non-hydrogen) atoms. The minimum atomic E-state index is -4.64. The molecular weight excluding hydrogens is 1100 g/mol. The number of hydrogen-bond donors (Lipinski definition) is 0. The first-order valence-electron chi connectivity index (χ1n) is 37.8. The Hall–Kier alpha value is -2.03. The van der Waals surface area contributed by atoms with E-state index in [4.69, 9.17) is 18.5 Å².